The first-order chi connectivity index (χ1) is 5.63. The van der Waals surface area contributed by atoms with Gasteiger partial charge in [0, 0.05) is 11.3 Å². The maximum absolute atomic E-state index is 10.2. The number of anilines is 1. The van der Waals surface area contributed by atoms with Gasteiger partial charge in [0.2, 0.25) is 0 Å². The Hall–Kier alpha value is -1.55. The number of carbonyl (C=O) groups excluding carboxylic acids is 1. The molecule has 0 aliphatic carbocycles. The molecule has 0 saturated carbocycles. The molecule has 0 heterocycles. The number of carbonyl (C=O) groups is 1. The second-order valence-electron chi connectivity index (χ2n) is 2.35. The molecule has 64 valence electrons. The van der Waals surface area contributed by atoms with E-state index in [0.717, 1.165) is 0 Å². The number of nitrogens with two attached hydrogens (primary N) is 1. The average Bonchev–Trinajstić information content (AvgIpc) is 2.04. The smallest absolute Gasteiger partial charge is 0.120 e. The molecule has 4 nitrogen and oxygen atoms in total. The zero-order chi connectivity index (χ0) is 9.14. The third-order valence-electron chi connectivity index (χ3n) is 1.51. The molecule has 1 aromatic rings. The number of carboxylic acid groups (broad SMARTS) is 1. The minimum atomic E-state index is -1.65. The van der Waals surface area contributed by atoms with Crippen LogP contribution in [0.1, 0.15) is 11.7 Å². The Labute approximate surface area is 69.3 Å². The summed E-state index contributed by atoms with van der Waals surface area (Å²) in [6.07, 6.45) is -1.65. The summed E-state index contributed by atoms with van der Waals surface area (Å²) in [5, 5.41) is 19.3. The van der Waals surface area contributed by atoms with Gasteiger partial charge in [-0.3, -0.25) is 0 Å². The highest BCUT2D eigenvalue weighted by molar-refractivity contribution is 5.74. The van der Waals surface area contributed by atoms with Gasteiger partial charge in [-0.1, -0.05) is 18.2 Å². The fourth-order valence-corrected chi connectivity index (χ4v) is 0.887. The van der Waals surface area contributed by atoms with Gasteiger partial charge in [0.15, 0.2) is 0 Å². The van der Waals surface area contributed by atoms with E-state index in [4.69, 9.17) is 10.8 Å². The third-order valence-corrected chi connectivity index (χ3v) is 1.51. The second-order valence-corrected chi connectivity index (χ2v) is 2.35. The van der Waals surface area contributed by atoms with Gasteiger partial charge < -0.3 is 20.7 Å². The predicted molar refractivity (Wildman–Crippen MR) is 40.8 cm³/mol. The number of aliphatic hydroxyl groups excluding tert-OH is 1. The van der Waals surface area contributed by atoms with Crippen molar-refractivity contribution >= 4 is 11.7 Å². The summed E-state index contributed by atoms with van der Waals surface area (Å²) in [5.74, 6) is -1.55. The van der Waals surface area contributed by atoms with Crippen molar-refractivity contribution in [2.75, 3.05) is 5.73 Å². The van der Waals surface area contributed by atoms with Crippen molar-refractivity contribution in [3.63, 3.8) is 0 Å². The topological polar surface area (TPSA) is 86.4 Å². The van der Waals surface area contributed by atoms with Crippen LogP contribution >= 0.6 is 0 Å². The molecule has 3 N–H and O–H groups in total. The molecule has 0 amide bonds. The van der Waals surface area contributed by atoms with Gasteiger partial charge in [-0.05, 0) is 6.07 Å². The first-order valence-corrected chi connectivity index (χ1v) is 3.36. The van der Waals surface area contributed by atoms with Gasteiger partial charge in [-0.15, -0.1) is 0 Å². The summed E-state index contributed by atoms with van der Waals surface area (Å²) in [5.41, 5.74) is 5.82. The number of aliphatic hydroxyl groups is 1. The highest BCUT2D eigenvalue weighted by Gasteiger charge is 2.10. The summed E-state index contributed by atoms with van der Waals surface area (Å²) in [6, 6.07) is 6.20. The zero-order valence-corrected chi connectivity index (χ0v) is 6.23. The van der Waals surface area contributed by atoms with Crippen LogP contribution < -0.4 is 10.8 Å². The van der Waals surface area contributed by atoms with Gasteiger partial charge in [0.05, 0.1) is 5.97 Å². The first-order valence-electron chi connectivity index (χ1n) is 3.36. The molecule has 1 atom stereocenters. The summed E-state index contributed by atoms with van der Waals surface area (Å²) >= 11 is 0. The van der Waals surface area contributed by atoms with E-state index in [1.165, 1.54) is 12.1 Å². The van der Waals surface area contributed by atoms with E-state index in [2.05, 4.69) is 0 Å². The fourth-order valence-electron chi connectivity index (χ4n) is 0.887. The van der Waals surface area contributed by atoms with Crippen LogP contribution in [-0.4, -0.2) is 11.1 Å². The molecule has 4 heteroatoms. The highest BCUT2D eigenvalue weighted by atomic mass is 16.4. The van der Waals surface area contributed by atoms with Crippen molar-refractivity contribution in [3.8, 4) is 0 Å². The van der Waals surface area contributed by atoms with Gasteiger partial charge in [0.25, 0.3) is 0 Å². The molecule has 0 bridgehead atoms. The monoisotopic (exact) mass is 166 g/mol. The summed E-state index contributed by atoms with van der Waals surface area (Å²) < 4.78 is 0. The van der Waals surface area contributed by atoms with Crippen LogP contribution in [-0.2, 0) is 4.79 Å². The molecule has 0 spiro atoms. The van der Waals surface area contributed by atoms with Crippen LogP contribution in [0.3, 0.4) is 0 Å². The van der Waals surface area contributed by atoms with E-state index >= 15 is 0 Å². The van der Waals surface area contributed by atoms with E-state index < -0.39 is 12.1 Å². The molecule has 12 heavy (non-hydrogen) atoms. The molecule has 0 fully saturated rings. The Kier molecular flexibility index (Phi) is 2.30. The van der Waals surface area contributed by atoms with Gasteiger partial charge in [0.1, 0.15) is 6.10 Å². The number of aliphatic carboxylic acids is 1. The molecule has 0 radical (unpaired) electrons. The van der Waals surface area contributed by atoms with Crippen LogP contribution in [0, 0.1) is 0 Å². The lowest BCUT2D eigenvalue weighted by atomic mass is 10.1. The molecule has 0 aliphatic rings. The number of hydrogen-bond donors (Lipinski definition) is 2. The number of hydrogen-bond acceptors (Lipinski definition) is 4. The number of nitrogen functional groups attached to an aromatic ring is 1. The first kappa shape index (κ1) is 8.55. The standard InChI is InChI=1S/C8H9NO3/c9-6-4-2-1-3-5(6)7(10)8(11)12/h1-4,7,10H,9H2,(H,11,12)/p-1. The molecule has 0 saturated heterocycles. The second kappa shape index (κ2) is 3.23. The molecular formula is C8H8NO3-. The largest absolute Gasteiger partial charge is 0.547 e. The van der Waals surface area contributed by atoms with Crippen molar-refractivity contribution < 1.29 is 15.0 Å². The van der Waals surface area contributed by atoms with E-state index in [9.17, 15) is 9.90 Å². The summed E-state index contributed by atoms with van der Waals surface area (Å²) in [7, 11) is 0. The maximum Gasteiger partial charge on any atom is 0.120 e. The van der Waals surface area contributed by atoms with Crippen LogP contribution in [0.2, 0.25) is 0 Å². The number of carboxylic acids is 1. The van der Waals surface area contributed by atoms with Crippen LogP contribution in [0.5, 0.6) is 0 Å². The fraction of sp³-hybridized carbons (Fsp3) is 0.125. The molecule has 1 aromatic carbocycles. The molecule has 1 unspecified atom stereocenters. The Bertz CT molecular complexity index is 298. The normalized spacial score (nSPS) is 12.4. The summed E-state index contributed by atoms with van der Waals surface area (Å²) in [6.45, 7) is 0. The van der Waals surface area contributed by atoms with Crippen molar-refractivity contribution in [1.29, 1.82) is 0 Å². The zero-order valence-electron chi connectivity index (χ0n) is 6.23. The van der Waals surface area contributed by atoms with Gasteiger partial charge in [-0.2, -0.15) is 0 Å². The molecular weight excluding hydrogens is 158 g/mol. The van der Waals surface area contributed by atoms with Crippen molar-refractivity contribution in [2.45, 2.75) is 6.10 Å². The van der Waals surface area contributed by atoms with Gasteiger partial charge >= 0.3 is 0 Å². The lowest BCUT2D eigenvalue weighted by molar-refractivity contribution is -0.315. The number of rotatable bonds is 2. The van der Waals surface area contributed by atoms with E-state index in [-0.39, 0.29) is 11.3 Å². The van der Waals surface area contributed by atoms with E-state index in [0.29, 0.717) is 0 Å². The lowest BCUT2D eigenvalue weighted by Gasteiger charge is -2.13. The van der Waals surface area contributed by atoms with Crippen LogP contribution in [0.4, 0.5) is 5.69 Å². The number of benzene rings is 1. The minimum Gasteiger partial charge on any atom is -0.547 e. The van der Waals surface area contributed by atoms with Crippen LogP contribution in [0.15, 0.2) is 24.3 Å². The lowest BCUT2D eigenvalue weighted by Crippen LogP contribution is -2.29. The third kappa shape index (κ3) is 1.54. The Morgan fingerprint density at radius 3 is 2.58 bits per heavy atom. The van der Waals surface area contributed by atoms with Crippen LogP contribution in [0.25, 0.3) is 0 Å². The van der Waals surface area contributed by atoms with E-state index in [1.807, 2.05) is 0 Å². The van der Waals surface area contributed by atoms with Crippen molar-refractivity contribution in [3.05, 3.63) is 29.8 Å². The molecule has 0 aliphatic heterocycles. The predicted octanol–water partition coefficient (Wildman–Crippen LogP) is -0.948. The van der Waals surface area contributed by atoms with Gasteiger partial charge in [-0.25, -0.2) is 0 Å². The minimum absolute atomic E-state index is 0.164. The SMILES string of the molecule is Nc1ccccc1C(O)C(=O)[O-]. The van der Waals surface area contributed by atoms with Crippen molar-refractivity contribution in [1.82, 2.24) is 0 Å². The Morgan fingerprint density at radius 2 is 2.08 bits per heavy atom. The highest BCUT2D eigenvalue weighted by Crippen LogP contribution is 2.18. The maximum atomic E-state index is 10.2. The summed E-state index contributed by atoms with van der Waals surface area (Å²) in [4.78, 5) is 10.2. The molecule has 0 aromatic heterocycles. The quantitative estimate of drug-likeness (QED) is 0.555. The van der Waals surface area contributed by atoms with Crippen molar-refractivity contribution in [2.24, 2.45) is 0 Å². The number of para-hydroxylation sites is 1. The average molecular weight is 166 g/mol. The Morgan fingerprint density at radius 1 is 1.50 bits per heavy atom. The Balaban J connectivity index is 3.02. The molecule has 1 rings (SSSR count). The van der Waals surface area contributed by atoms with E-state index in [1.54, 1.807) is 12.1 Å².